The van der Waals surface area contributed by atoms with Gasteiger partial charge in [0.25, 0.3) is 0 Å². The van der Waals surface area contributed by atoms with Crippen LogP contribution < -0.4 is 5.32 Å². The SMILES string of the molecule is O=C(NC1CCCc2ccc(-c3ccc(Cl)c(Cl)c3)cc21)O[C@H]1CN2CCC1CC2. The Morgan fingerprint density at radius 1 is 1.00 bits per heavy atom. The largest absolute Gasteiger partial charge is 0.445 e. The van der Waals surface area contributed by atoms with Gasteiger partial charge in [-0.3, -0.25) is 4.90 Å². The molecule has 6 heteroatoms. The van der Waals surface area contributed by atoms with Crippen LogP contribution in [0.5, 0.6) is 0 Å². The maximum atomic E-state index is 12.7. The molecule has 2 aromatic rings. The van der Waals surface area contributed by atoms with E-state index in [2.05, 4.69) is 28.4 Å². The van der Waals surface area contributed by atoms with Crippen molar-refractivity contribution in [3.05, 3.63) is 57.6 Å². The fourth-order valence-electron chi connectivity index (χ4n) is 5.16. The minimum Gasteiger partial charge on any atom is -0.445 e. The van der Waals surface area contributed by atoms with E-state index in [-0.39, 0.29) is 18.2 Å². The van der Waals surface area contributed by atoms with Gasteiger partial charge < -0.3 is 10.1 Å². The molecule has 4 aliphatic rings. The monoisotopic (exact) mass is 444 g/mol. The summed E-state index contributed by atoms with van der Waals surface area (Å²) in [5.41, 5.74) is 4.56. The lowest BCUT2D eigenvalue weighted by Gasteiger charge is -2.44. The molecule has 158 valence electrons. The lowest BCUT2D eigenvalue weighted by molar-refractivity contribution is -0.0340. The predicted octanol–water partition coefficient (Wildman–Crippen LogP) is 5.86. The van der Waals surface area contributed by atoms with Crippen LogP contribution in [0.2, 0.25) is 10.0 Å². The van der Waals surface area contributed by atoms with Crippen molar-refractivity contribution in [1.29, 1.82) is 0 Å². The number of rotatable bonds is 3. The third-order valence-corrected chi connectivity index (χ3v) is 7.60. The summed E-state index contributed by atoms with van der Waals surface area (Å²) in [7, 11) is 0. The summed E-state index contributed by atoms with van der Waals surface area (Å²) in [4.78, 5) is 15.1. The van der Waals surface area contributed by atoms with Crippen LogP contribution in [0.4, 0.5) is 4.79 Å². The second-order valence-corrected chi connectivity index (χ2v) is 9.53. The molecule has 1 aliphatic carbocycles. The van der Waals surface area contributed by atoms with Gasteiger partial charge in [-0.25, -0.2) is 4.79 Å². The molecular formula is C24H26Cl2N2O2. The highest BCUT2D eigenvalue weighted by Gasteiger charge is 2.37. The molecule has 1 N–H and O–H groups in total. The standard InChI is InChI=1S/C24H26Cl2N2O2/c25-20-7-6-18(13-21(20)26)17-5-4-15-2-1-3-22(19(15)12-17)27-24(29)30-23-14-28-10-8-16(23)9-11-28/h4-7,12-13,16,22-23H,1-3,8-11,14H2,(H,27,29)/t22?,23-/m0/s1. The third-order valence-electron chi connectivity index (χ3n) is 6.86. The van der Waals surface area contributed by atoms with Gasteiger partial charge in [0, 0.05) is 6.54 Å². The van der Waals surface area contributed by atoms with E-state index in [9.17, 15) is 4.79 Å². The number of aryl methyl sites for hydroxylation is 1. The minimum atomic E-state index is -0.286. The number of nitrogens with zero attached hydrogens (tertiary/aromatic N) is 1. The maximum Gasteiger partial charge on any atom is 0.407 e. The van der Waals surface area contributed by atoms with Gasteiger partial charge in [-0.05, 0) is 91.6 Å². The van der Waals surface area contributed by atoms with Crippen molar-refractivity contribution >= 4 is 29.3 Å². The number of carbonyl (C=O) groups excluding carboxylic acids is 1. The van der Waals surface area contributed by atoms with Gasteiger partial charge in [-0.15, -0.1) is 0 Å². The van der Waals surface area contributed by atoms with Gasteiger partial charge >= 0.3 is 6.09 Å². The molecule has 3 fully saturated rings. The van der Waals surface area contributed by atoms with Crippen molar-refractivity contribution in [3.63, 3.8) is 0 Å². The first-order valence-electron chi connectivity index (χ1n) is 10.8. The highest BCUT2D eigenvalue weighted by atomic mass is 35.5. The Balaban J connectivity index is 1.32. The average Bonchev–Trinajstić information content (AvgIpc) is 2.76. The Hall–Kier alpha value is -1.75. The van der Waals surface area contributed by atoms with Crippen LogP contribution in [0.1, 0.15) is 42.9 Å². The first-order valence-corrected chi connectivity index (χ1v) is 11.6. The Bertz CT molecular complexity index is 956. The smallest absolute Gasteiger partial charge is 0.407 e. The molecule has 2 bridgehead atoms. The van der Waals surface area contributed by atoms with Crippen molar-refractivity contribution in [2.45, 2.75) is 44.2 Å². The number of nitrogens with one attached hydrogen (secondary N) is 1. The summed E-state index contributed by atoms with van der Waals surface area (Å²) in [6, 6.07) is 12.1. The molecule has 3 heterocycles. The summed E-state index contributed by atoms with van der Waals surface area (Å²) in [6.45, 7) is 3.15. The third kappa shape index (κ3) is 4.05. The molecule has 30 heavy (non-hydrogen) atoms. The number of ether oxygens (including phenoxy) is 1. The molecule has 0 spiro atoms. The molecule has 3 aliphatic heterocycles. The van der Waals surface area contributed by atoms with E-state index in [4.69, 9.17) is 27.9 Å². The molecule has 2 aromatic carbocycles. The number of piperidine rings is 3. The molecule has 4 nitrogen and oxygen atoms in total. The maximum absolute atomic E-state index is 12.7. The molecule has 1 unspecified atom stereocenters. The number of alkyl carbamates (subject to hydrolysis) is 1. The summed E-state index contributed by atoms with van der Waals surface area (Å²) >= 11 is 12.3. The second-order valence-electron chi connectivity index (χ2n) is 8.71. The molecule has 6 rings (SSSR count). The Morgan fingerprint density at radius 3 is 2.50 bits per heavy atom. The van der Waals surface area contributed by atoms with E-state index in [0.717, 1.165) is 62.9 Å². The Labute approximate surface area is 187 Å². The number of carbonyl (C=O) groups is 1. The van der Waals surface area contributed by atoms with Gasteiger partial charge in [-0.1, -0.05) is 41.4 Å². The molecule has 3 saturated heterocycles. The van der Waals surface area contributed by atoms with E-state index < -0.39 is 0 Å². The van der Waals surface area contributed by atoms with Gasteiger partial charge in [0.05, 0.1) is 16.1 Å². The lowest BCUT2D eigenvalue weighted by atomic mass is 9.85. The number of hydrogen-bond donors (Lipinski definition) is 1. The van der Waals surface area contributed by atoms with Crippen molar-refractivity contribution in [2.75, 3.05) is 19.6 Å². The van der Waals surface area contributed by atoms with Crippen molar-refractivity contribution in [3.8, 4) is 11.1 Å². The molecule has 1 amide bonds. The van der Waals surface area contributed by atoms with Crippen LogP contribution in [-0.4, -0.2) is 36.7 Å². The quantitative estimate of drug-likeness (QED) is 0.644. The van der Waals surface area contributed by atoms with Crippen LogP contribution in [0.3, 0.4) is 0 Å². The van der Waals surface area contributed by atoms with Crippen molar-refractivity contribution in [2.24, 2.45) is 5.92 Å². The highest BCUT2D eigenvalue weighted by Crippen LogP contribution is 2.35. The van der Waals surface area contributed by atoms with Crippen molar-refractivity contribution < 1.29 is 9.53 Å². The summed E-state index contributed by atoms with van der Waals surface area (Å²) < 4.78 is 5.86. The van der Waals surface area contributed by atoms with E-state index in [1.165, 1.54) is 11.1 Å². The predicted molar refractivity (Wildman–Crippen MR) is 120 cm³/mol. The van der Waals surface area contributed by atoms with Gasteiger partial charge in [-0.2, -0.15) is 0 Å². The van der Waals surface area contributed by atoms with Crippen LogP contribution in [0.15, 0.2) is 36.4 Å². The fourth-order valence-corrected chi connectivity index (χ4v) is 5.46. The van der Waals surface area contributed by atoms with Crippen LogP contribution in [0.25, 0.3) is 11.1 Å². The fraction of sp³-hybridized carbons (Fsp3) is 0.458. The average molecular weight is 445 g/mol. The first-order chi connectivity index (χ1) is 14.6. The zero-order valence-corrected chi connectivity index (χ0v) is 18.4. The van der Waals surface area contributed by atoms with Crippen molar-refractivity contribution in [1.82, 2.24) is 10.2 Å². The van der Waals surface area contributed by atoms with Gasteiger partial charge in [0.15, 0.2) is 0 Å². The number of halogens is 2. The van der Waals surface area contributed by atoms with E-state index in [0.29, 0.717) is 16.0 Å². The normalized spacial score (nSPS) is 27.4. The molecule has 0 saturated carbocycles. The zero-order chi connectivity index (χ0) is 20.7. The minimum absolute atomic E-state index is 0.0231. The summed E-state index contributed by atoms with van der Waals surface area (Å²) in [5.74, 6) is 0.514. The Morgan fingerprint density at radius 2 is 1.77 bits per heavy atom. The van der Waals surface area contributed by atoms with Gasteiger partial charge in [0.1, 0.15) is 6.10 Å². The first kappa shape index (κ1) is 20.2. The number of amides is 1. The summed E-state index contributed by atoms with van der Waals surface area (Å²) in [5, 5.41) is 4.25. The van der Waals surface area contributed by atoms with Gasteiger partial charge in [0.2, 0.25) is 0 Å². The van der Waals surface area contributed by atoms with Crippen LogP contribution in [0, 0.1) is 5.92 Å². The topological polar surface area (TPSA) is 41.6 Å². The highest BCUT2D eigenvalue weighted by molar-refractivity contribution is 6.42. The number of benzene rings is 2. The Kier molecular flexibility index (Phi) is 5.65. The van der Waals surface area contributed by atoms with E-state index in [1.807, 2.05) is 18.2 Å². The zero-order valence-electron chi connectivity index (χ0n) is 16.9. The van der Waals surface area contributed by atoms with Crippen LogP contribution >= 0.6 is 23.2 Å². The molecule has 0 aromatic heterocycles. The van der Waals surface area contributed by atoms with Crippen LogP contribution in [-0.2, 0) is 11.2 Å². The van der Waals surface area contributed by atoms with E-state index in [1.54, 1.807) is 0 Å². The molecule has 0 radical (unpaired) electrons. The van der Waals surface area contributed by atoms with E-state index >= 15 is 0 Å². The molecular weight excluding hydrogens is 419 g/mol. The summed E-state index contributed by atoms with van der Waals surface area (Å²) in [6.07, 6.45) is 5.03. The number of fused-ring (bicyclic) bond motifs is 4. The number of hydrogen-bond acceptors (Lipinski definition) is 3. The molecule has 2 atom stereocenters. The second kappa shape index (κ2) is 8.41. The lowest BCUT2D eigenvalue weighted by Crippen LogP contribution is -2.52.